The van der Waals surface area contributed by atoms with Gasteiger partial charge in [-0.2, -0.15) is 0 Å². The number of esters is 1. The average Bonchev–Trinajstić information content (AvgIpc) is 3.07. The molecule has 0 unspecified atom stereocenters. The van der Waals surface area contributed by atoms with Crippen molar-refractivity contribution in [2.45, 2.75) is 51.7 Å². The second kappa shape index (κ2) is 5.80. The van der Waals surface area contributed by atoms with Crippen molar-refractivity contribution in [2.24, 2.45) is 5.92 Å². The van der Waals surface area contributed by atoms with Crippen LogP contribution in [-0.4, -0.2) is 23.6 Å². The van der Waals surface area contributed by atoms with Crippen LogP contribution < -0.4 is 0 Å². The van der Waals surface area contributed by atoms with E-state index in [1.54, 1.807) is 27.7 Å². The van der Waals surface area contributed by atoms with Crippen LogP contribution in [-0.2, 0) is 19.1 Å². The second-order valence-corrected chi connectivity index (χ2v) is 5.43. The van der Waals surface area contributed by atoms with Crippen LogP contribution in [0.25, 0.3) is 0 Å². The molecule has 0 aromatic heterocycles. The van der Waals surface area contributed by atoms with Crippen molar-refractivity contribution in [3.63, 3.8) is 0 Å². The van der Waals surface area contributed by atoms with Gasteiger partial charge in [0.15, 0.2) is 11.2 Å². The fourth-order valence-electron chi connectivity index (χ4n) is 1.19. The molecule has 0 bridgehead atoms. The Bertz CT molecular complexity index is 476. The number of ether oxygens (including phenoxy) is 2. The minimum Gasteiger partial charge on any atom is -0.449 e. The maximum Gasteiger partial charge on any atom is 0.310 e. The smallest absolute Gasteiger partial charge is 0.310 e. The Morgan fingerprint density at radius 2 is 1.63 bits per heavy atom. The van der Waals surface area contributed by atoms with Crippen molar-refractivity contribution >= 4 is 12.4 Å². The average molecular weight is 262 g/mol. The number of carbonyl (C=O) groups is 2. The molecule has 1 saturated carbocycles. The molecule has 4 nitrogen and oxygen atoms in total. The van der Waals surface area contributed by atoms with E-state index in [4.69, 9.17) is 9.47 Å². The molecule has 102 valence electrons. The maximum absolute atomic E-state index is 11.5. The predicted molar refractivity (Wildman–Crippen MR) is 69.7 cm³/mol. The lowest BCUT2D eigenvalue weighted by atomic mass is 10.1. The van der Waals surface area contributed by atoms with Crippen molar-refractivity contribution < 1.29 is 19.1 Å². The zero-order chi connectivity index (χ0) is 14.5. The molecule has 0 saturated heterocycles. The molecule has 1 aliphatic rings. The van der Waals surface area contributed by atoms with Crippen LogP contribution in [0.15, 0.2) is 0 Å². The molecule has 1 rings (SSSR count). The van der Waals surface area contributed by atoms with Gasteiger partial charge in [0.25, 0.3) is 6.47 Å². The lowest BCUT2D eigenvalue weighted by Gasteiger charge is -2.18. The Morgan fingerprint density at radius 3 is 2.11 bits per heavy atom. The minimum absolute atomic E-state index is 0.0482. The van der Waals surface area contributed by atoms with Crippen LogP contribution in [0.3, 0.4) is 0 Å². The van der Waals surface area contributed by atoms with Crippen LogP contribution in [0.4, 0.5) is 0 Å². The number of hydrogen-bond acceptors (Lipinski definition) is 4. The Morgan fingerprint density at radius 1 is 1.11 bits per heavy atom. The molecular weight excluding hydrogens is 244 g/mol. The van der Waals surface area contributed by atoms with Crippen LogP contribution in [0.1, 0.15) is 40.5 Å². The van der Waals surface area contributed by atoms with Gasteiger partial charge < -0.3 is 9.47 Å². The van der Waals surface area contributed by atoms with E-state index >= 15 is 0 Å². The van der Waals surface area contributed by atoms with E-state index in [0.717, 1.165) is 12.8 Å². The van der Waals surface area contributed by atoms with Crippen LogP contribution >= 0.6 is 0 Å². The van der Waals surface area contributed by atoms with E-state index in [2.05, 4.69) is 23.7 Å². The van der Waals surface area contributed by atoms with Crippen LogP contribution in [0.2, 0.25) is 0 Å². The molecule has 0 aromatic rings. The largest absolute Gasteiger partial charge is 0.449 e. The molecule has 19 heavy (non-hydrogen) atoms. The van der Waals surface area contributed by atoms with Crippen LogP contribution in [0, 0.1) is 29.6 Å². The Balaban J connectivity index is 2.58. The second-order valence-electron chi connectivity index (χ2n) is 5.43. The zero-order valence-electron chi connectivity index (χ0n) is 11.7. The predicted octanol–water partition coefficient (Wildman–Crippen LogP) is 1.68. The van der Waals surface area contributed by atoms with Crippen molar-refractivity contribution in [1.29, 1.82) is 0 Å². The van der Waals surface area contributed by atoms with Gasteiger partial charge in [0.1, 0.15) is 0 Å². The Labute approximate surface area is 113 Å². The molecule has 0 heterocycles. The first-order valence-electron chi connectivity index (χ1n) is 6.14. The first-order chi connectivity index (χ1) is 8.76. The standard InChI is InChI=1S/C15H18O4/c1-14(2,18-11-16)9-5-6-10-15(3,4)19-13(17)12-7-8-12/h11-12H,7-8H2,1-4H3. The van der Waals surface area contributed by atoms with Crippen molar-refractivity contribution in [2.75, 3.05) is 0 Å². The lowest BCUT2D eigenvalue weighted by Crippen LogP contribution is -2.27. The summed E-state index contributed by atoms with van der Waals surface area (Å²) in [4.78, 5) is 21.7. The summed E-state index contributed by atoms with van der Waals surface area (Å²) < 4.78 is 10.0. The molecule has 0 N–H and O–H groups in total. The van der Waals surface area contributed by atoms with E-state index < -0.39 is 11.2 Å². The minimum atomic E-state index is -0.870. The van der Waals surface area contributed by atoms with E-state index in [-0.39, 0.29) is 11.9 Å². The summed E-state index contributed by atoms with van der Waals surface area (Å²) in [5.74, 6) is 10.5. The normalized spacial score (nSPS) is 14.3. The van der Waals surface area contributed by atoms with Crippen molar-refractivity contribution in [1.82, 2.24) is 0 Å². The summed E-state index contributed by atoms with van der Waals surface area (Å²) in [6.07, 6.45) is 1.80. The number of hydrogen-bond donors (Lipinski definition) is 0. The quantitative estimate of drug-likeness (QED) is 0.439. The van der Waals surface area contributed by atoms with E-state index in [0.29, 0.717) is 6.47 Å². The monoisotopic (exact) mass is 262 g/mol. The summed E-state index contributed by atoms with van der Waals surface area (Å²) in [5.41, 5.74) is -1.73. The Hall–Kier alpha value is -1.94. The van der Waals surface area contributed by atoms with Gasteiger partial charge in [-0.25, -0.2) is 0 Å². The fraction of sp³-hybridized carbons (Fsp3) is 0.600. The molecule has 0 atom stereocenters. The van der Waals surface area contributed by atoms with Gasteiger partial charge in [0.05, 0.1) is 5.92 Å². The first kappa shape index (κ1) is 15.1. The maximum atomic E-state index is 11.5. The first-order valence-corrected chi connectivity index (χ1v) is 6.14. The molecule has 1 fully saturated rings. The van der Waals surface area contributed by atoms with Gasteiger partial charge in [0, 0.05) is 0 Å². The third-order valence-electron chi connectivity index (χ3n) is 2.40. The topological polar surface area (TPSA) is 52.6 Å². The van der Waals surface area contributed by atoms with Crippen molar-refractivity contribution in [3.05, 3.63) is 0 Å². The Kier molecular flexibility index (Phi) is 4.62. The highest BCUT2D eigenvalue weighted by atomic mass is 16.6. The summed E-state index contributed by atoms with van der Waals surface area (Å²) in [5, 5.41) is 0. The molecule has 4 heteroatoms. The molecule has 0 radical (unpaired) electrons. The zero-order valence-corrected chi connectivity index (χ0v) is 11.7. The van der Waals surface area contributed by atoms with E-state index in [1.165, 1.54) is 0 Å². The summed E-state index contributed by atoms with van der Waals surface area (Å²) in [6, 6.07) is 0. The van der Waals surface area contributed by atoms with E-state index in [9.17, 15) is 9.59 Å². The van der Waals surface area contributed by atoms with Gasteiger partial charge in [-0.05, 0) is 64.2 Å². The van der Waals surface area contributed by atoms with Gasteiger partial charge in [-0.3, -0.25) is 9.59 Å². The van der Waals surface area contributed by atoms with E-state index in [1.807, 2.05) is 0 Å². The van der Waals surface area contributed by atoms with Gasteiger partial charge in [0.2, 0.25) is 0 Å². The highest BCUT2D eigenvalue weighted by Crippen LogP contribution is 2.31. The molecule has 0 amide bonds. The van der Waals surface area contributed by atoms with Gasteiger partial charge in [-0.15, -0.1) is 0 Å². The third-order valence-corrected chi connectivity index (χ3v) is 2.40. The third kappa shape index (κ3) is 5.97. The summed E-state index contributed by atoms with van der Waals surface area (Å²) in [6.45, 7) is 7.11. The SMILES string of the molecule is CC(C)(C#CC#CC(C)(C)OC(=O)C1CC1)OC=O. The fourth-order valence-corrected chi connectivity index (χ4v) is 1.19. The number of carbonyl (C=O) groups excluding carboxylic acids is 2. The van der Waals surface area contributed by atoms with Crippen LogP contribution in [0.5, 0.6) is 0 Å². The lowest BCUT2D eigenvalue weighted by molar-refractivity contribution is -0.153. The van der Waals surface area contributed by atoms with Gasteiger partial charge >= 0.3 is 5.97 Å². The highest BCUT2D eigenvalue weighted by Gasteiger charge is 2.34. The van der Waals surface area contributed by atoms with Gasteiger partial charge in [-0.1, -0.05) is 0 Å². The molecule has 1 aliphatic carbocycles. The molecular formula is C15H18O4. The molecule has 0 spiro atoms. The molecule has 0 aliphatic heterocycles. The molecule has 0 aromatic carbocycles. The number of rotatable bonds is 4. The highest BCUT2D eigenvalue weighted by molar-refractivity contribution is 5.75. The summed E-state index contributed by atoms with van der Waals surface area (Å²) >= 11 is 0. The van der Waals surface area contributed by atoms with Crippen molar-refractivity contribution in [3.8, 4) is 23.7 Å². The summed E-state index contributed by atoms with van der Waals surface area (Å²) in [7, 11) is 0.